The molecular formula is C20H34O4. The zero-order valence-corrected chi connectivity index (χ0v) is 15.5. The van der Waals surface area contributed by atoms with Gasteiger partial charge < -0.3 is 9.84 Å². The number of aliphatic hydroxyl groups excluding tert-OH is 1. The number of esters is 1. The van der Waals surface area contributed by atoms with Crippen molar-refractivity contribution >= 4 is 11.8 Å². The predicted molar refractivity (Wildman–Crippen MR) is 95.5 cm³/mol. The third-order valence-corrected chi connectivity index (χ3v) is 5.08. The molecule has 1 N–H and O–H groups in total. The number of ketones is 1. The first-order chi connectivity index (χ1) is 11.5. The van der Waals surface area contributed by atoms with Gasteiger partial charge in [0, 0.05) is 12.3 Å². The molecule has 138 valence electrons. The molecule has 0 aliphatic heterocycles. The maximum Gasteiger partial charge on any atom is 0.305 e. The van der Waals surface area contributed by atoms with Gasteiger partial charge in [-0.1, -0.05) is 39.2 Å². The first-order valence-corrected chi connectivity index (χ1v) is 9.44. The molecule has 24 heavy (non-hydrogen) atoms. The number of carbonyl (C=O) groups is 2. The summed E-state index contributed by atoms with van der Waals surface area (Å²) in [6.45, 7) is 4.18. The SMILES string of the molecule is CCCCCC(O)CCC1C=CC(=O)C1CCC(C)CC(=O)OC. The average molecular weight is 338 g/mol. The van der Waals surface area contributed by atoms with Gasteiger partial charge in [-0.3, -0.25) is 9.59 Å². The zero-order chi connectivity index (χ0) is 17.9. The van der Waals surface area contributed by atoms with Gasteiger partial charge in [-0.25, -0.2) is 0 Å². The van der Waals surface area contributed by atoms with E-state index < -0.39 is 0 Å². The smallest absolute Gasteiger partial charge is 0.305 e. The molecule has 0 heterocycles. The van der Waals surface area contributed by atoms with E-state index in [-0.39, 0.29) is 35.6 Å². The predicted octanol–water partition coefficient (Wildman–Crippen LogP) is 4.06. The molecule has 0 aromatic carbocycles. The lowest BCUT2D eigenvalue weighted by Gasteiger charge is -2.21. The highest BCUT2D eigenvalue weighted by Gasteiger charge is 2.30. The topological polar surface area (TPSA) is 63.6 Å². The van der Waals surface area contributed by atoms with Crippen LogP contribution in [-0.4, -0.2) is 30.1 Å². The van der Waals surface area contributed by atoms with Crippen molar-refractivity contribution in [2.75, 3.05) is 7.11 Å². The summed E-state index contributed by atoms with van der Waals surface area (Å²) in [4.78, 5) is 23.4. The van der Waals surface area contributed by atoms with Crippen molar-refractivity contribution in [1.82, 2.24) is 0 Å². The number of rotatable bonds is 12. The van der Waals surface area contributed by atoms with Crippen molar-refractivity contribution in [3.05, 3.63) is 12.2 Å². The number of hydrogen-bond acceptors (Lipinski definition) is 4. The molecule has 4 atom stereocenters. The van der Waals surface area contributed by atoms with E-state index in [4.69, 9.17) is 4.74 Å². The number of ether oxygens (including phenoxy) is 1. The van der Waals surface area contributed by atoms with Gasteiger partial charge in [0.2, 0.25) is 0 Å². The van der Waals surface area contributed by atoms with Crippen LogP contribution in [0.4, 0.5) is 0 Å². The summed E-state index contributed by atoms with van der Waals surface area (Å²) < 4.78 is 4.69. The third kappa shape index (κ3) is 7.61. The van der Waals surface area contributed by atoms with Crippen molar-refractivity contribution in [2.45, 2.75) is 77.7 Å². The van der Waals surface area contributed by atoms with Crippen LogP contribution in [0.3, 0.4) is 0 Å². The van der Waals surface area contributed by atoms with Crippen molar-refractivity contribution < 1.29 is 19.4 Å². The van der Waals surface area contributed by atoms with Gasteiger partial charge >= 0.3 is 5.97 Å². The van der Waals surface area contributed by atoms with E-state index in [0.717, 1.165) is 38.5 Å². The maximum absolute atomic E-state index is 12.1. The van der Waals surface area contributed by atoms with E-state index in [1.807, 2.05) is 13.0 Å². The lowest BCUT2D eigenvalue weighted by molar-refractivity contribution is -0.141. The summed E-state index contributed by atoms with van der Waals surface area (Å²) in [6, 6.07) is 0. The Labute approximate surface area is 146 Å². The first kappa shape index (κ1) is 20.9. The van der Waals surface area contributed by atoms with Crippen molar-refractivity contribution in [2.24, 2.45) is 17.8 Å². The Morgan fingerprint density at radius 1 is 1.25 bits per heavy atom. The van der Waals surface area contributed by atoms with E-state index in [2.05, 4.69) is 6.92 Å². The van der Waals surface area contributed by atoms with Gasteiger partial charge in [-0.15, -0.1) is 0 Å². The number of allylic oxidation sites excluding steroid dienone is 2. The maximum atomic E-state index is 12.1. The van der Waals surface area contributed by atoms with Crippen LogP contribution in [0, 0.1) is 17.8 Å². The van der Waals surface area contributed by atoms with Crippen LogP contribution in [-0.2, 0) is 14.3 Å². The normalized spacial score (nSPS) is 22.6. The minimum atomic E-state index is -0.250. The number of aliphatic hydroxyl groups is 1. The van der Waals surface area contributed by atoms with Crippen LogP contribution >= 0.6 is 0 Å². The van der Waals surface area contributed by atoms with Crippen molar-refractivity contribution in [3.63, 3.8) is 0 Å². The van der Waals surface area contributed by atoms with Gasteiger partial charge in [-0.2, -0.15) is 0 Å². The Kier molecular flexibility index (Phi) is 9.92. The molecule has 4 unspecified atom stereocenters. The highest BCUT2D eigenvalue weighted by atomic mass is 16.5. The Morgan fingerprint density at radius 2 is 2.00 bits per heavy atom. The lowest BCUT2D eigenvalue weighted by Crippen LogP contribution is -2.19. The second-order valence-electron chi connectivity index (χ2n) is 7.22. The molecule has 0 saturated carbocycles. The number of hydrogen-bond donors (Lipinski definition) is 1. The molecule has 0 aromatic rings. The zero-order valence-electron chi connectivity index (χ0n) is 15.5. The molecule has 1 aliphatic rings. The Bertz CT molecular complexity index is 416. The Hall–Kier alpha value is -1.16. The summed E-state index contributed by atoms with van der Waals surface area (Å²) >= 11 is 0. The third-order valence-electron chi connectivity index (χ3n) is 5.08. The van der Waals surface area contributed by atoms with E-state index in [1.165, 1.54) is 20.0 Å². The van der Waals surface area contributed by atoms with Crippen LogP contribution < -0.4 is 0 Å². The quantitative estimate of drug-likeness (QED) is 0.430. The average Bonchev–Trinajstić information content (AvgIpc) is 2.91. The van der Waals surface area contributed by atoms with Gasteiger partial charge in [-0.05, 0) is 50.0 Å². The molecule has 4 heteroatoms. The van der Waals surface area contributed by atoms with Gasteiger partial charge in [0.05, 0.1) is 13.2 Å². The standard InChI is InChI=1S/C20H34O4/c1-4-5-6-7-17(21)11-9-16-10-13-19(22)18(16)12-8-15(2)14-20(23)24-3/h10,13,15-18,21H,4-9,11-12,14H2,1-3H3. The first-order valence-electron chi connectivity index (χ1n) is 9.44. The van der Waals surface area contributed by atoms with Crippen LogP contribution in [0.15, 0.2) is 12.2 Å². The summed E-state index contributed by atoms with van der Waals surface area (Å²) in [5.41, 5.74) is 0. The minimum Gasteiger partial charge on any atom is -0.469 e. The van der Waals surface area contributed by atoms with Crippen molar-refractivity contribution in [3.8, 4) is 0 Å². The lowest BCUT2D eigenvalue weighted by atomic mass is 9.84. The van der Waals surface area contributed by atoms with Gasteiger partial charge in [0.15, 0.2) is 5.78 Å². The minimum absolute atomic E-state index is 0.0212. The summed E-state index contributed by atoms with van der Waals surface area (Å²) in [7, 11) is 1.40. The molecule has 0 bridgehead atoms. The highest BCUT2D eigenvalue weighted by molar-refractivity contribution is 5.94. The number of unbranched alkanes of at least 4 members (excludes halogenated alkanes) is 2. The molecule has 0 radical (unpaired) electrons. The summed E-state index contributed by atoms with van der Waals surface area (Å²) in [6.07, 6.45) is 11.4. The van der Waals surface area contributed by atoms with Crippen LogP contribution in [0.1, 0.15) is 71.6 Å². The summed E-state index contributed by atoms with van der Waals surface area (Å²) in [5, 5.41) is 10.1. The fraction of sp³-hybridized carbons (Fsp3) is 0.800. The van der Waals surface area contributed by atoms with E-state index >= 15 is 0 Å². The van der Waals surface area contributed by atoms with Crippen molar-refractivity contribution in [1.29, 1.82) is 0 Å². The van der Waals surface area contributed by atoms with Crippen LogP contribution in [0.5, 0.6) is 0 Å². The fourth-order valence-electron chi connectivity index (χ4n) is 3.43. The Balaban J connectivity index is 2.34. The van der Waals surface area contributed by atoms with Crippen LogP contribution in [0.25, 0.3) is 0 Å². The number of methoxy groups -OCH3 is 1. The summed E-state index contributed by atoms with van der Waals surface area (Å²) in [5.74, 6) is 0.499. The fourth-order valence-corrected chi connectivity index (χ4v) is 3.43. The van der Waals surface area contributed by atoms with E-state index in [9.17, 15) is 14.7 Å². The molecule has 0 amide bonds. The molecule has 0 saturated heterocycles. The molecule has 1 aliphatic carbocycles. The van der Waals surface area contributed by atoms with Gasteiger partial charge in [0.1, 0.15) is 0 Å². The molecule has 0 aromatic heterocycles. The Morgan fingerprint density at radius 3 is 2.67 bits per heavy atom. The molecule has 0 fully saturated rings. The molecular weight excluding hydrogens is 304 g/mol. The van der Waals surface area contributed by atoms with Crippen LogP contribution in [0.2, 0.25) is 0 Å². The molecule has 0 spiro atoms. The molecule has 1 rings (SSSR count). The second-order valence-corrected chi connectivity index (χ2v) is 7.22. The largest absolute Gasteiger partial charge is 0.469 e. The van der Waals surface area contributed by atoms with Gasteiger partial charge in [0.25, 0.3) is 0 Å². The monoisotopic (exact) mass is 338 g/mol. The highest BCUT2D eigenvalue weighted by Crippen LogP contribution is 2.32. The second kappa shape index (κ2) is 11.4. The molecule has 4 nitrogen and oxygen atoms in total. The van der Waals surface area contributed by atoms with E-state index in [1.54, 1.807) is 6.08 Å². The van der Waals surface area contributed by atoms with E-state index in [0.29, 0.717) is 6.42 Å². The number of carbonyl (C=O) groups excluding carboxylic acids is 2.